The zero-order valence-electron chi connectivity index (χ0n) is 17.1. The van der Waals surface area contributed by atoms with Crippen LogP contribution in [0.1, 0.15) is 24.5 Å². The minimum absolute atomic E-state index is 0.00118. The van der Waals surface area contributed by atoms with Gasteiger partial charge in [-0.15, -0.1) is 0 Å². The summed E-state index contributed by atoms with van der Waals surface area (Å²) in [6.07, 6.45) is 1.90. The summed E-state index contributed by atoms with van der Waals surface area (Å²) in [6.45, 7) is 8.53. The third-order valence-electron chi connectivity index (χ3n) is 5.36. The van der Waals surface area contributed by atoms with Gasteiger partial charge < -0.3 is 15.0 Å². The smallest absolute Gasteiger partial charge is 0.239 e. The molecule has 2 amide bonds. The van der Waals surface area contributed by atoms with Crippen LogP contribution in [0, 0.1) is 0 Å². The zero-order chi connectivity index (χ0) is 19.9. The lowest BCUT2D eigenvalue weighted by atomic mass is 10.1. The Balaban J connectivity index is 1.39. The molecule has 7 nitrogen and oxygen atoms in total. The van der Waals surface area contributed by atoms with E-state index in [9.17, 15) is 9.59 Å². The Kier molecular flexibility index (Phi) is 7.28. The number of hydrogen-bond donors (Lipinski definition) is 1. The number of ether oxygens (including phenoxy) is 1. The number of fused-ring (bicyclic) bond motifs is 1. The predicted molar refractivity (Wildman–Crippen MR) is 108 cm³/mol. The highest BCUT2D eigenvalue weighted by Crippen LogP contribution is 2.26. The number of hydrogen-bond acceptors (Lipinski definition) is 5. The van der Waals surface area contributed by atoms with Crippen LogP contribution in [0.4, 0.5) is 0 Å². The van der Waals surface area contributed by atoms with Crippen LogP contribution in [0.3, 0.4) is 0 Å². The lowest BCUT2D eigenvalue weighted by molar-refractivity contribution is -0.136. The van der Waals surface area contributed by atoms with E-state index in [1.807, 2.05) is 6.92 Å². The molecule has 154 valence electrons. The molecule has 2 heterocycles. The fraction of sp³-hybridized carbons (Fsp3) is 0.619. The molecule has 1 N–H and O–H groups in total. The second-order valence-electron chi connectivity index (χ2n) is 7.69. The normalized spacial score (nSPS) is 17.1. The van der Waals surface area contributed by atoms with Crippen molar-refractivity contribution in [3.63, 3.8) is 0 Å². The van der Waals surface area contributed by atoms with Crippen LogP contribution in [0.5, 0.6) is 5.75 Å². The molecule has 1 aromatic carbocycles. The largest absolute Gasteiger partial charge is 0.493 e. The Labute approximate surface area is 167 Å². The number of carbonyl (C=O) groups excluding carboxylic acids is 2. The molecule has 1 saturated heterocycles. The third-order valence-corrected chi connectivity index (χ3v) is 5.36. The molecule has 0 atom stereocenters. The van der Waals surface area contributed by atoms with E-state index >= 15 is 0 Å². The van der Waals surface area contributed by atoms with Gasteiger partial charge in [0, 0.05) is 52.7 Å². The van der Waals surface area contributed by atoms with Gasteiger partial charge in [-0.05, 0) is 23.6 Å². The fourth-order valence-corrected chi connectivity index (χ4v) is 3.64. The Morgan fingerprint density at radius 1 is 1.18 bits per heavy atom. The molecule has 0 aromatic heterocycles. The van der Waals surface area contributed by atoms with Gasteiger partial charge in [-0.1, -0.05) is 19.1 Å². The number of amides is 2. The molecule has 2 aliphatic rings. The quantitative estimate of drug-likeness (QED) is 0.711. The van der Waals surface area contributed by atoms with Crippen molar-refractivity contribution in [2.24, 2.45) is 0 Å². The Bertz CT molecular complexity index is 686. The lowest BCUT2D eigenvalue weighted by Crippen LogP contribution is -2.50. The van der Waals surface area contributed by atoms with Gasteiger partial charge in [0.25, 0.3) is 0 Å². The van der Waals surface area contributed by atoms with E-state index in [1.165, 1.54) is 16.0 Å². The summed E-state index contributed by atoms with van der Waals surface area (Å²) >= 11 is 0. The van der Waals surface area contributed by atoms with E-state index in [4.69, 9.17) is 4.74 Å². The summed E-state index contributed by atoms with van der Waals surface area (Å²) in [4.78, 5) is 30.3. The Morgan fingerprint density at radius 3 is 2.68 bits per heavy atom. The highest BCUT2D eigenvalue weighted by atomic mass is 16.5. The lowest BCUT2D eigenvalue weighted by Gasteiger charge is -2.35. The molecule has 0 unspecified atom stereocenters. The zero-order valence-corrected chi connectivity index (χ0v) is 17.1. The summed E-state index contributed by atoms with van der Waals surface area (Å²) in [5, 5.41) is 2.81. The van der Waals surface area contributed by atoms with E-state index < -0.39 is 0 Å². The van der Waals surface area contributed by atoms with Crippen LogP contribution in [0.25, 0.3) is 0 Å². The van der Waals surface area contributed by atoms with Crippen molar-refractivity contribution >= 4 is 11.8 Å². The summed E-state index contributed by atoms with van der Waals surface area (Å²) in [7, 11) is 1.70. The maximum atomic E-state index is 12.4. The van der Waals surface area contributed by atoms with Crippen molar-refractivity contribution in [3.8, 4) is 5.75 Å². The van der Waals surface area contributed by atoms with Gasteiger partial charge in [0.05, 0.1) is 19.7 Å². The molecule has 1 aromatic rings. The maximum Gasteiger partial charge on any atom is 0.239 e. The van der Waals surface area contributed by atoms with Crippen molar-refractivity contribution in [2.75, 3.05) is 59.5 Å². The van der Waals surface area contributed by atoms with E-state index in [-0.39, 0.29) is 18.4 Å². The number of nitrogens with one attached hydrogen (secondary N) is 1. The fourth-order valence-electron chi connectivity index (χ4n) is 3.64. The monoisotopic (exact) mass is 388 g/mol. The molecule has 1 fully saturated rings. The van der Waals surface area contributed by atoms with Crippen LogP contribution in [0.15, 0.2) is 18.2 Å². The number of rotatable bonds is 8. The number of carbonyl (C=O) groups is 2. The van der Waals surface area contributed by atoms with Crippen molar-refractivity contribution in [1.82, 2.24) is 20.0 Å². The average Bonchev–Trinajstić information content (AvgIpc) is 3.15. The summed E-state index contributed by atoms with van der Waals surface area (Å²) in [6, 6.07) is 6.49. The predicted octanol–water partition coefficient (Wildman–Crippen LogP) is 0.724. The van der Waals surface area contributed by atoms with Gasteiger partial charge in [0.2, 0.25) is 11.8 Å². The number of benzene rings is 1. The number of likely N-dealkylation sites (N-methyl/N-ethyl adjacent to an activating group) is 1. The molecular formula is C21H32N4O3. The Morgan fingerprint density at radius 2 is 1.93 bits per heavy atom. The average molecular weight is 389 g/mol. The van der Waals surface area contributed by atoms with Gasteiger partial charge in [-0.2, -0.15) is 0 Å². The third kappa shape index (κ3) is 5.69. The molecule has 0 spiro atoms. The summed E-state index contributed by atoms with van der Waals surface area (Å²) in [5.41, 5.74) is 2.64. The second kappa shape index (κ2) is 9.89. The first-order valence-corrected chi connectivity index (χ1v) is 10.2. The topological polar surface area (TPSA) is 65.1 Å². The van der Waals surface area contributed by atoms with Gasteiger partial charge in [-0.25, -0.2) is 0 Å². The van der Waals surface area contributed by atoms with Crippen molar-refractivity contribution in [2.45, 2.75) is 26.3 Å². The van der Waals surface area contributed by atoms with Gasteiger partial charge in [0.1, 0.15) is 5.75 Å². The minimum Gasteiger partial charge on any atom is -0.493 e. The Hall–Kier alpha value is -2.12. The van der Waals surface area contributed by atoms with Gasteiger partial charge in [-0.3, -0.25) is 19.4 Å². The second-order valence-corrected chi connectivity index (χ2v) is 7.69. The first-order chi connectivity index (χ1) is 13.5. The molecule has 0 aliphatic carbocycles. The summed E-state index contributed by atoms with van der Waals surface area (Å²) < 4.78 is 5.58. The van der Waals surface area contributed by atoms with E-state index in [0.29, 0.717) is 13.1 Å². The highest BCUT2D eigenvalue weighted by molar-refractivity contribution is 5.85. The first kappa shape index (κ1) is 20.6. The molecule has 0 bridgehead atoms. The highest BCUT2D eigenvalue weighted by Gasteiger charge is 2.22. The number of nitrogens with zero attached hydrogens (tertiary/aromatic N) is 3. The van der Waals surface area contributed by atoms with E-state index in [1.54, 1.807) is 7.05 Å². The maximum absolute atomic E-state index is 12.4. The van der Waals surface area contributed by atoms with Crippen molar-refractivity contribution in [3.05, 3.63) is 29.3 Å². The van der Waals surface area contributed by atoms with Crippen LogP contribution in [0.2, 0.25) is 0 Å². The molecule has 0 radical (unpaired) electrons. The molecule has 3 rings (SSSR count). The molecule has 28 heavy (non-hydrogen) atoms. The minimum atomic E-state index is -0.0951. The van der Waals surface area contributed by atoms with E-state index in [0.717, 1.165) is 57.9 Å². The molecule has 7 heteroatoms. The SMILES string of the molecule is CCCNC(=O)CN(C)C(=O)CN1CCN(Cc2ccc3c(c2)CCO3)CC1. The van der Waals surface area contributed by atoms with E-state index in [2.05, 4.69) is 33.3 Å². The van der Waals surface area contributed by atoms with Crippen LogP contribution >= 0.6 is 0 Å². The molecular weight excluding hydrogens is 356 g/mol. The molecule has 0 saturated carbocycles. The number of piperazine rings is 1. The molecule has 2 aliphatic heterocycles. The van der Waals surface area contributed by atoms with Gasteiger partial charge in [0.15, 0.2) is 0 Å². The van der Waals surface area contributed by atoms with Crippen LogP contribution < -0.4 is 10.1 Å². The summed E-state index contributed by atoms with van der Waals surface area (Å²) in [5.74, 6) is 0.931. The standard InChI is InChI=1S/C21H32N4O3/c1-3-7-22-20(26)15-23(2)21(27)16-25-10-8-24(9-11-25)14-17-4-5-19-18(13-17)6-12-28-19/h4-5,13H,3,6-12,14-16H2,1-2H3,(H,22,26). The van der Waals surface area contributed by atoms with Crippen LogP contribution in [-0.2, 0) is 22.6 Å². The van der Waals surface area contributed by atoms with Crippen molar-refractivity contribution in [1.29, 1.82) is 0 Å². The van der Waals surface area contributed by atoms with Gasteiger partial charge >= 0.3 is 0 Å². The van der Waals surface area contributed by atoms with Crippen molar-refractivity contribution < 1.29 is 14.3 Å². The first-order valence-electron chi connectivity index (χ1n) is 10.2. The van der Waals surface area contributed by atoms with Crippen LogP contribution in [-0.4, -0.2) is 86.0 Å².